The van der Waals surface area contributed by atoms with Gasteiger partial charge in [0.2, 0.25) is 11.7 Å². The van der Waals surface area contributed by atoms with Gasteiger partial charge in [-0.15, -0.1) is 0 Å². The zero-order valence-electron chi connectivity index (χ0n) is 11.5. The Morgan fingerprint density at radius 2 is 1.89 bits per heavy atom. The monoisotopic (exact) mass is 261 g/mol. The Hall–Kier alpha value is -1.65. The Kier molecular flexibility index (Phi) is 3.12. The minimum absolute atomic E-state index is 0.00960. The molecule has 0 atom stereocenters. The Morgan fingerprint density at radius 1 is 1.16 bits per heavy atom. The van der Waals surface area contributed by atoms with Gasteiger partial charge in [0.25, 0.3) is 0 Å². The van der Waals surface area contributed by atoms with E-state index < -0.39 is 0 Å². The van der Waals surface area contributed by atoms with Crippen LogP contribution in [0.25, 0.3) is 11.6 Å². The summed E-state index contributed by atoms with van der Waals surface area (Å²) in [6.07, 6.45) is 8.71. The second-order valence-corrected chi connectivity index (χ2v) is 5.66. The molecule has 2 aromatic heterocycles. The van der Waals surface area contributed by atoms with E-state index in [9.17, 15) is 0 Å². The molecular weight excluding hydrogens is 242 g/mol. The SMILES string of the molecule is Cc1ncoc1-c1noc(C2(C)CCCCCC2)n1. The summed E-state index contributed by atoms with van der Waals surface area (Å²) >= 11 is 0. The molecule has 0 saturated heterocycles. The topological polar surface area (TPSA) is 65.0 Å². The molecular formula is C14H19N3O2. The zero-order valence-corrected chi connectivity index (χ0v) is 11.5. The minimum Gasteiger partial charge on any atom is -0.440 e. The molecule has 0 amide bonds. The van der Waals surface area contributed by atoms with Gasteiger partial charge in [-0.05, 0) is 19.8 Å². The van der Waals surface area contributed by atoms with Crippen molar-refractivity contribution in [2.45, 2.75) is 57.8 Å². The molecule has 102 valence electrons. The van der Waals surface area contributed by atoms with E-state index in [0.29, 0.717) is 11.6 Å². The minimum atomic E-state index is 0.00960. The molecule has 1 saturated carbocycles. The van der Waals surface area contributed by atoms with Gasteiger partial charge in [-0.1, -0.05) is 37.8 Å². The van der Waals surface area contributed by atoms with Crippen LogP contribution in [0.1, 0.15) is 57.0 Å². The van der Waals surface area contributed by atoms with E-state index in [1.807, 2.05) is 6.92 Å². The third kappa shape index (κ3) is 2.29. The zero-order chi connectivity index (χ0) is 13.3. The number of oxazole rings is 1. The first-order chi connectivity index (χ1) is 9.19. The fraction of sp³-hybridized carbons (Fsp3) is 0.643. The van der Waals surface area contributed by atoms with E-state index in [-0.39, 0.29) is 5.41 Å². The summed E-state index contributed by atoms with van der Waals surface area (Å²) in [6.45, 7) is 4.10. The average Bonchev–Trinajstić information content (AvgIpc) is 2.97. The lowest BCUT2D eigenvalue weighted by Crippen LogP contribution is -2.21. The highest BCUT2D eigenvalue weighted by Gasteiger charge is 2.34. The molecule has 1 fully saturated rings. The first kappa shape index (κ1) is 12.4. The number of aryl methyl sites for hydroxylation is 1. The number of rotatable bonds is 2. The van der Waals surface area contributed by atoms with Crippen molar-refractivity contribution in [1.29, 1.82) is 0 Å². The van der Waals surface area contributed by atoms with Gasteiger partial charge < -0.3 is 8.94 Å². The molecule has 1 aliphatic rings. The van der Waals surface area contributed by atoms with Gasteiger partial charge in [-0.2, -0.15) is 4.98 Å². The molecule has 2 heterocycles. The van der Waals surface area contributed by atoms with E-state index >= 15 is 0 Å². The molecule has 19 heavy (non-hydrogen) atoms. The van der Waals surface area contributed by atoms with Crippen LogP contribution in [0.3, 0.4) is 0 Å². The van der Waals surface area contributed by atoms with Crippen LogP contribution in [-0.4, -0.2) is 15.1 Å². The van der Waals surface area contributed by atoms with Gasteiger partial charge in [0.1, 0.15) is 0 Å². The summed E-state index contributed by atoms with van der Waals surface area (Å²) in [5.41, 5.74) is 0.800. The molecule has 0 unspecified atom stereocenters. The van der Waals surface area contributed by atoms with Crippen molar-refractivity contribution in [3.63, 3.8) is 0 Å². The molecule has 0 radical (unpaired) electrons. The first-order valence-electron chi connectivity index (χ1n) is 6.94. The normalized spacial score (nSPS) is 19.3. The number of aromatic nitrogens is 3. The average molecular weight is 261 g/mol. The van der Waals surface area contributed by atoms with Crippen LogP contribution in [0.5, 0.6) is 0 Å². The number of hydrogen-bond donors (Lipinski definition) is 0. The van der Waals surface area contributed by atoms with E-state index in [0.717, 1.165) is 24.4 Å². The smallest absolute Gasteiger partial charge is 0.240 e. The second-order valence-electron chi connectivity index (χ2n) is 5.66. The van der Waals surface area contributed by atoms with Crippen molar-refractivity contribution in [2.75, 3.05) is 0 Å². The van der Waals surface area contributed by atoms with Crippen LogP contribution in [0.4, 0.5) is 0 Å². The Balaban J connectivity index is 1.90. The maximum absolute atomic E-state index is 5.49. The summed E-state index contributed by atoms with van der Waals surface area (Å²) in [4.78, 5) is 8.60. The van der Waals surface area contributed by atoms with E-state index in [2.05, 4.69) is 22.0 Å². The molecule has 0 aliphatic heterocycles. The van der Waals surface area contributed by atoms with E-state index in [1.54, 1.807) is 0 Å². The fourth-order valence-corrected chi connectivity index (χ4v) is 2.80. The summed E-state index contributed by atoms with van der Waals surface area (Å²) in [5, 5.41) is 4.05. The van der Waals surface area contributed by atoms with E-state index in [4.69, 9.17) is 8.94 Å². The van der Waals surface area contributed by atoms with Crippen LogP contribution in [0.15, 0.2) is 15.3 Å². The van der Waals surface area contributed by atoms with Crippen molar-refractivity contribution >= 4 is 0 Å². The Labute approximate surface area is 112 Å². The Bertz CT molecular complexity index is 551. The summed E-state index contributed by atoms with van der Waals surface area (Å²) in [7, 11) is 0. The molecule has 5 nitrogen and oxygen atoms in total. The second kappa shape index (κ2) is 4.79. The lowest BCUT2D eigenvalue weighted by molar-refractivity contribution is 0.269. The van der Waals surface area contributed by atoms with Gasteiger partial charge >= 0.3 is 0 Å². The maximum Gasteiger partial charge on any atom is 0.240 e. The van der Waals surface area contributed by atoms with Crippen LogP contribution >= 0.6 is 0 Å². The summed E-state index contributed by atoms with van der Waals surface area (Å²) in [5.74, 6) is 1.85. The van der Waals surface area contributed by atoms with Crippen molar-refractivity contribution in [3.05, 3.63) is 18.0 Å². The predicted octanol–water partition coefficient (Wildman–Crippen LogP) is 3.64. The largest absolute Gasteiger partial charge is 0.440 e. The van der Waals surface area contributed by atoms with Gasteiger partial charge in [0, 0.05) is 5.41 Å². The highest BCUT2D eigenvalue weighted by molar-refractivity contribution is 5.48. The third-order valence-electron chi connectivity index (χ3n) is 4.10. The fourth-order valence-electron chi connectivity index (χ4n) is 2.80. The van der Waals surface area contributed by atoms with Gasteiger partial charge in [-0.25, -0.2) is 4.98 Å². The lowest BCUT2D eigenvalue weighted by Gasteiger charge is -2.22. The van der Waals surface area contributed by atoms with Gasteiger partial charge in [-0.3, -0.25) is 0 Å². The highest BCUT2D eigenvalue weighted by atomic mass is 16.5. The van der Waals surface area contributed by atoms with Crippen molar-refractivity contribution in [2.24, 2.45) is 0 Å². The van der Waals surface area contributed by atoms with Crippen LogP contribution in [0, 0.1) is 6.92 Å². The number of nitrogens with zero attached hydrogens (tertiary/aromatic N) is 3. The lowest BCUT2D eigenvalue weighted by atomic mass is 9.82. The molecule has 0 aromatic carbocycles. The number of hydrogen-bond acceptors (Lipinski definition) is 5. The van der Waals surface area contributed by atoms with Gasteiger partial charge in [0.05, 0.1) is 5.69 Å². The maximum atomic E-state index is 5.49. The molecule has 3 rings (SSSR count). The van der Waals surface area contributed by atoms with Crippen molar-refractivity contribution in [3.8, 4) is 11.6 Å². The Morgan fingerprint density at radius 3 is 2.53 bits per heavy atom. The van der Waals surface area contributed by atoms with Crippen LogP contribution in [-0.2, 0) is 5.41 Å². The quantitative estimate of drug-likeness (QED) is 0.772. The molecule has 5 heteroatoms. The molecule has 0 bridgehead atoms. The first-order valence-corrected chi connectivity index (χ1v) is 6.94. The summed E-state index contributed by atoms with van der Waals surface area (Å²) in [6, 6.07) is 0. The van der Waals surface area contributed by atoms with Crippen molar-refractivity contribution < 1.29 is 8.94 Å². The predicted molar refractivity (Wildman–Crippen MR) is 69.6 cm³/mol. The van der Waals surface area contributed by atoms with Crippen molar-refractivity contribution in [1.82, 2.24) is 15.1 Å². The molecule has 0 spiro atoms. The van der Waals surface area contributed by atoms with Gasteiger partial charge in [0.15, 0.2) is 12.2 Å². The van der Waals surface area contributed by atoms with E-state index in [1.165, 1.54) is 32.1 Å². The molecule has 0 N–H and O–H groups in total. The highest BCUT2D eigenvalue weighted by Crippen LogP contribution is 2.37. The molecule has 2 aromatic rings. The molecule has 1 aliphatic carbocycles. The van der Waals surface area contributed by atoms with Crippen LogP contribution < -0.4 is 0 Å². The summed E-state index contributed by atoms with van der Waals surface area (Å²) < 4.78 is 10.8. The third-order valence-corrected chi connectivity index (χ3v) is 4.10. The van der Waals surface area contributed by atoms with Crippen LogP contribution in [0.2, 0.25) is 0 Å². The standard InChI is InChI=1S/C14H19N3O2/c1-10-11(18-9-15-10)12-16-13(19-17-12)14(2)7-5-3-4-6-8-14/h9H,3-8H2,1-2H3.